The molecular formula is C12H25N3O3S. The molecule has 1 heterocycles. The summed E-state index contributed by atoms with van der Waals surface area (Å²) >= 11 is 0. The lowest BCUT2D eigenvalue weighted by Gasteiger charge is -2.15. The summed E-state index contributed by atoms with van der Waals surface area (Å²) in [7, 11) is 0.562. The first-order valence-electron chi connectivity index (χ1n) is 6.74. The molecule has 0 aromatic carbocycles. The van der Waals surface area contributed by atoms with Crippen LogP contribution in [0.5, 0.6) is 0 Å². The quantitative estimate of drug-likeness (QED) is 0.397. The molecule has 0 amide bonds. The summed E-state index contributed by atoms with van der Waals surface area (Å²) in [5.41, 5.74) is 0. The Bertz CT molecular complexity index is 382. The predicted octanol–water partition coefficient (Wildman–Crippen LogP) is 0.155. The molecule has 0 aliphatic carbocycles. The monoisotopic (exact) mass is 291 g/mol. The van der Waals surface area contributed by atoms with E-state index in [1.165, 1.54) is 0 Å². The maximum atomic E-state index is 11.4. The van der Waals surface area contributed by atoms with Crippen LogP contribution in [0.1, 0.15) is 25.7 Å². The standard InChI is InChI=1S/C12H25N3O3S/c1-13-12(14-7-4-3-5-8-18-2)15-11-6-9-19(16,17)10-11/h11H,3-10H2,1-2H3,(H2,13,14,15). The van der Waals surface area contributed by atoms with Gasteiger partial charge in [0.1, 0.15) is 0 Å². The van der Waals surface area contributed by atoms with Gasteiger partial charge in [-0.25, -0.2) is 8.42 Å². The Morgan fingerprint density at radius 3 is 2.74 bits per heavy atom. The first-order valence-corrected chi connectivity index (χ1v) is 8.56. The number of rotatable bonds is 7. The van der Waals surface area contributed by atoms with E-state index < -0.39 is 9.84 Å². The van der Waals surface area contributed by atoms with Gasteiger partial charge in [-0.3, -0.25) is 4.99 Å². The molecule has 1 unspecified atom stereocenters. The highest BCUT2D eigenvalue weighted by atomic mass is 32.2. The Kier molecular flexibility index (Phi) is 7.15. The van der Waals surface area contributed by atoms with Crippen LogP contribution in [0.4, 0.5) is 0 Å². The Morgan fingerprint density at radius 2 is 2.16 bits per heavy atom. The van der Waals surface area contributed by atoms with Crippen molar-refractivity contribution in [1.29, 1.82) is 0 Å². The highest BCUT2D eigenvalue weighted by Crippen LogP contribution is 2.10. The van der Waals surface area contributed by atoms with Gasteiger partial charge in [0.15, 0.2) is 15.8 Å². The number of sulfone groups is 1. The maximum absolute atomic E-state index is 11.4. The molecule has 19 heavy (non-hydrogen) atoms. The van der Waals surface area contributed by atoms with Crippen LogP contribution in [0.15, 0.2) is 4.99 Å². The van der Waals surface area contributed by atoms with Crippen molar-refractivity contribution < 1.29 is 13.2 Å². The topological polar surface area (TPSA) is 79.8 Å². The second-order valence-corrected chi connectivity index (χ2v) is 7.03. The van der Waals surface area contributed by atoms with Crippen molar-refractivity contribution in [1.82, 2.24) is 10.6 Å². The minimum absolute atomic E-state index is 0.00955. The molecular weight excluding hydrogens is 266 g/mol. The average Bonchev–Trinajstić information content (AvgIpc) is 2.71. The normalized spacial score (nSPS) is 22.4. The summed E-state index contributed by atoms with van der Waals surface area (Å²) in [5.74, 6) is 1.18. The number of unbranched alkanes of at least 4 members (excludes halogenated alkanes) is 2. The van der Waals surface area contributed by atoms with Gasteiger partial charge >= 0.3 is 0 Å². The molecule has 0 radical (unpaired) electrons. The van der Waals surface area contributed by atoms with E-state index in [0.717, 1.165) is 32.4 Å². The van der Waals surface area contributed by atoms with E-state index in [1.807, 2.05) is 0 Å². The minimum atomic E-state index is -2.84. The number of methoxy groups -OCH3 is 1. The molecule has 0 saturated carbocycles. The lowest BCUT2D eigenvalue weighted by Crippen LogP contribution is -2.44. The number of aliphatic imine (C=N–C) groups is 1. The number of ether oxygens (including phenoxy) is 1. The van der Waals surface area contributed by atoms with E-state index in [2.05, 4.69) is 15.6 Å². The molecule has 112 valence electrons. The predicted molar refractivity (Wildman–Crippen MR) is 77.3 cm³/mol. The average molecular weight is 291 g/mol. The highest BCUT2D eigenvalue weighted by molar-refractivity contribution is 7.91. The van der Waals surface area contributed by atoms with Gasteiger partial charge in [-0.2, -0.15) is 0 Å². The van der Waals surface area contributed by atoms with Gasteiger partial charge in [0.25, 0.3) is 0 Å². The minimum Gasteiger partial charge on any atom is -0.385 e. The smallest absolute Gasteiger partial charge is 0.191 e. The molecule has 0 aromatic heterocycles. The Balaban J connectivity index is 2.17. The van der Waals surface area contributed by atoms with Crippen LogP contribution in [0.2, 0.25) is 0 Å². The van der Waals surface area contributed by atoms with Gasteiger partial charge in [-0.05, 0) is 25.7 Å². The van der Waals surface area contributed by atoms with Crippen molar-refractivity contribution in [2.24, 2.45) is 4.99 Å². The molecule has 1 aliphatic rings. The fourth-order valence-electron chi connectivity index (χ4n) is 2.05. The molecule has 7 heteroatoms. The molecule has 0 spiro atoms. The highest BCUT2D eigenvalue weighted by Gasteiger charge is 2.28. The fourth-order valence-corrected chi connectivity index (χ4v) is 3.73. The summed E-state index contributed by atoms with van der Waals surface area (Å²) in [6.07, 6.45) is 3.88. The molecule has 1 atom stereocenters. The first-order chi connectivity index (χ1) is 9.07. The van der Waals surface area contributed by atoms with Crippen LogP contribution in [0.25, 0.3) is 0 Å². The lowest BCUT2D eigenvalue weighted by molar-refractivity contribution is 0.192. The van der Waals surface area contributed by atoms with Crippen molar-refractivity contribution in [3.8, 4) is 0 Å². The van der Waals surface area contributed by atoms with Crippen LogP contribution in [0.3, 0.4) is 0 Å². The zero-order chi connectivity index (χ0) is 14.1. The van der Waals surface area contributed by atoms with Gasteiger partial charge in [-0.1, -0.05) is 0 Å². The molecule has 1 saturated heterocycles. The number of guanidine groups is 1. The van der Waals surface area contributed by atoms with Crippen LogP contribution in [0, 0.1) is 0 Å². The molecule has 0 aromatic rings. The third-order valence-electron chi connectivity index (χ3n) is 3.11. The number of hydrogen-bond acceptors (Lipinski definition) is 4. The van der Waals surface area contributed by atoms with Crippen LogP contribution >= 0.6 is 0 Å². The largest absolute Gasteiger partial charge is 0.385 e. The van der Waals surface area contributed by atoms with Gasteiger partial charge < -0.3 is 15.4 Å². The second-order valence-electron chi connectivity index (χ2n) is 4.80. The molecule has 1 rings (SSSR count). The third-order valence-corrected chi connectivity index (χ3v) is 4.88. The van der Waals surface area contributed by atoms with E-state index in [-0.39, 0.29) is 17.5 Å². The van der Waals surface area contributed by atoms with Crippen LogP contribution in [-0.2, 0) is 14.6 Å². The Hall–Kier alpha value is -0.820. The lowest BCUT2D eigenvalue weighted by atomic mass is 10.2. The summed E-state index contributed by atoms with van der Waals surface area (Å²) in [5, 5.41) is 6.36. The van der Waals surface area contributed by atoms with E-state index in [9.17, 15) is 8.42 Å². The molecule has 1 aliphatic heterocycles. The maximum Gasteiger partial charge on any atom is 0.191 e. The van der Waals surface area contributed by atoms with E-state index in [4.69, 9.17) is 4.74 Å². The summed E-state index contributed by atoms with van der Waals surface area (Å²) in [6.45, 7) is 1.63. The SMILES string of the molecule is CN=C(NCCCCCOC)NC1CCS(=O)(=O)C1. The second kappa shape index (κ2) is 8.37. The van der Waals surface area contributed by atoms with Gasteiger partial charge in [0.05, 0.1) is 11.5 Å². The van der Waals surface area contributed by atoms with Crippen LogP contribution in [-0.4, -0.2) is 59.2 Å². The van der Waals surface area contributed by atoms with Crippen molar-refractivity contribution in [3.05, 3.63) is 0 Å². The van der Waals surface area contributed by atoms with E-state index >= 15 is 0 Å². The van der Waals surface area contributed by atoms with Gasteiger partial charge in [0.2, 0.25) is 0 Å². The summed E-state index contributed by atoms with van der Waals surface area (Å²) in [6, 6.07) is -0.00955. The van der Waals surface area contributed by atoms with Crippen molar-refractivity contribution in [2.75, 3.05) is 38.8 Å². The summed E-state index contributed by atoms with van der Waals surface area (Å²) < 4.78 is 27.7. The molecule has 2 N–H and O–H groups in total. The Morgan fingerprint density at radius 1 is 1.37 bits per heavy atom. The zero-order valence-electron chi connectivity index (χ0n) is 11.8. The first kappa shape index (κ1) is 16.2. The molecule has 1 fully saturated rings. The summed E-state index contributed by atoms with van der Waals surface area (Å²) in [4.78, 5) is 4.11. The number of nitrogens with zero attached hydrogens (tertiary/aromatic N) is 1. The van der Waals surface area contributed by atoms with Crippen LogP contribution < -0.4 is 10.6 Å². The number of nitrogens with one attached hydrogen (secondary N) is 2. The van der Waals surface area contributed by atoms with Crippen molar-refractivity contribution in [3.63, 3.8) is 0 Å². The fraction of sp³-hybridized carbons (Fsp3) is 0.917. The van der Waals surface area contributed by atoms with Crippen molar-refractivity contribution in [2.45, 2.75) is 31.7 Å². The van der Waals surface area contributed by atoms with Crippen molar-refractivity contribution >= 4 is 15.8 Å². The van der Waals surface area contributed by atoms with E-state index in [1.54, 1.807) is 14.2 Å². The molecule has 0 bridgehead atoms. The Labute approximate surface area is 115 Å². The zero-order valence-corrected chi connectivity index (χ0v) is 12.6. The van der Waals surface area contributed by atoms with Gasteiger partial charge in [0, 0.05) is 33.4 Å². The third kappa shape index (κ3) is 6.77. The molecule has 6 nitrogen and oxygen atoms in total. The number of hydrogen-bond donors (Lipinski definition) is 2. The van der Waals surface area contributed by atoms with Gasteiger partial charge in [-0.15, -0.1) is 0 Å². The van der Waals surface area contributed by atoms with E-state index in [0.29, 0.717) is 12.4 Å².